The van der Waals surface area contributed by atoms with Gasteiger partial charge in [0.05, 0.1) is 24.0 Å². The van der Waals surface area contributed by atoms with E-state index in [-0.39, 0.29) is 12.3 Å². The largest absolute Gasteiger partial charge is 0.481 e. The first kappa shape index (κ1) is 16.7. The van der Waals surface area contributed by atoms with Crippen molar-refractivity contribution in [3.63, 3.8) is 0 Å². The van der Waals surface area contributed by atoms with E-state index >= 15 is 0 Å². The van der Waals surface area contributed by atoms with Gasteiger partial charge in [-0.15, -0.1) is 0 Å². The third-order valence-electron chi connectivity index (χ3n) is 3.03. The quantitative estimate of drug-likeness (QED) is 0.799. The fourth-order valence-electron chi connectivity index (χ4n) is 2.00. The van der Waals surface area contributed by atoms with Crippen LogP contribution in [0.3, 0.4) is 0 Å². The number of aliphatic carboxylic acids is 1. The Morgan fingerprint density at radius 3 is 2.55 bits per heavy atom. The summed E-state index contributed by atoms with van der Waals surface area (Å²) < 4.78 is 60.5. The minimum absolute atomic E-state index is 0.200. The number of carboxylic acid groups (broad SMARTS) is 1. The Bertz CT molecular complexity index is 512. The van der Waals surface area contributed by atoms with E-state index in [1.165, 1.54) is 0 Å². The molecule has 0 bridgehead atoms. The molecular formula is C10H13F3N2O4S. The Hall–Kier alpha value is -1.34. The van der Waals surface area contributed by atoms with Gasteiger partial charge in [0.2, 0.25) is 0 Å². The molecule has 2 atom stereocenters. The number of rotatable bonds is 4. The van der Waals surface area contributed by atoms with Gasteiger partial charge in [-0.05, 0) is 0 Å². The lowest BCUT2D eigenvalue weighted by atomic mass is 10.1. The SMILES string of the molecule is N#CC(CN1CCS(=O)(=O)CC1CC(=O)O)C(F)(F)F. The topological polar surface area (TPSA) is 98.5 Å². The van der Waals surface area contributed by atoms with Crippen LogP contribution in [0.15, 0.2) is 0 Å². The van der Waals surface area contributed by atoms with Crippen molar-refractivity contribution >= 4 is 15.8 Å². The van der Waals surface area contributed by atoms with Crippen molar-refractivity contribution in [2.24, 2.45) is 5.92 Å². The molecule has 0 spiro atoms. The van der Waals surface area contributed by atoms with Gasteiger partial charge in [0.15, 0.2) is 15.8 Å². The zero-order valence-electron chi connectivity index (χ0n) is 10.3. The summed E-state index contributed by atoms with van der Waals surface area (Å²) in [6.07, 6.45) is -5.30. The highest BCUT2D eigenvalue weighted by atomic mass is 32.2. The van der Waals surface area contributed by atoms with Gasteiger partial charge in [-0.1, -0.05) is 0 Å². The lowest BCUT2D eigenvalue weighted by Gasteiger charge is -2.35. The van der Waals surface area contributed by atoms with Crippen LogP contribution in [0, 0.1) is 17.2 Å². The highest BCUT2D eigenvalue weighted by Crippen LogP contribution is 2.28. The van der Waals surface area contributed by atoms with Crippen LogP contribution < -0.4 is 0 Å². The minimum Gasteiger partial charge on any atom is -0.481 e. The predicted molar refractivity (Wildman–Crippen MR) is 61.4 cm³/mol. The van der Waals surface area contributed by atoms with E-state index in [0.717, 1.165) is 11.0 Å². The second-order valence-corrected chi connectivity index (χ2v) is 6.81. The van der Waals surface area contributed by atoms with Crippen molar-refractivity contribution in [1.29, 1.82) is 5.26 Å². The summed E-state index contributed by atoms with van der Waals surface area (Å²) in [5.74, 6) is -4.40. The monoisotopic (exact) mass is 314 g/mol. The summed E-state index contributed by atoms with van der Waals surface area (Å²) in [4.78, 5) is 11.8. The Labute approximate surface area is 113 Å². The average Bonchev–Trinajstić information content (AvgIpc) is 2.24. The summed E-state index contributed by atoms with van der Waals surface area (Å²) in [5.41, 5.74) is 0. The van der Waals surface area contributed by atoms with Crippen molar-refractivity contribution < 1.29 is 31.5 Å². The zero-order chi connectivity index (χ0) is 15.6. The molecule has 0 aromatic rings. The average molecular weight is 314 g/mol. The summed E-state index contributed by atoms with van der Waals surface area (Å²) in [7, 11) is -3.46. The smallest absolute Gasteiger partial charge is 0.405 e. The van der Waals surface area contributed by atoms with Crippen molar-refractivity contribution in [2.45, 2.75) is 18.6 Å². The minimum atomic E-state index is -4.72. The highest BCUT2D eigenvalue weighted by molar-refractivity contribution is 7.91. The number of carbonyl (C=O) groups is 1. The van der Waals surface area contributed by atoms with Gasteiger partial charge in [0.1, 0.15) is 0 Å². The summed E-state index contributed by atoms with van der Waals surface area (Å²) in [6.45, 7) is -0.915. The van der Waals surface area contributed by atoms with Crippen molar-refractivity contribution in [3.05, 3.63) is 0 Å². The second kappa shape index (κ2) is 5.97. The van der Waals surface area contributed by atoms with E-state index in [2.05, 4.69) is 0 Å². The molecule has 0 aliphatic carbocycles. The first-order chi connectivity index (χ1) is 9.05. The lowest BCUT2D eigenvalue weighted by molar-refractivity contribution is -0.164. The molecule has 1 aliphatic rings. The second-order valence-electron chi connectivity index (χ2n) is 4.58. The fourth-order valence-corrected chi connectivity index (χ4v) is 3.60. The molecular weight excluding hydrogens is 301 g/mol. The molecule has 1 fully saturated rings. The van der Waals surface area contributed by atoms with E-state index in [4.69, 9.17) is 10.4 Å². The normalized spacial score (nSPS) is 24.8. The molecule has 6 nitrogen and oxygen atoms in total. The number of sulfone groups is 1. The van der Waals surface area contributed by atoms with E-state index < -0.39 is 52.7 Å². The van der Waals surface area contributed by atoms with Crippen LogP contribution in [-0.4, -0.2) is 61.2 Å². The van der Waals surface area contributed by atoms with Gasteiger partial charge in [-0.3, -0.25) is 9.69 Å². The first-order valence-electron chi connectivity index (χ1n) is 5.68. The lowest BCUT2D eigenvalue weighted by Crippen LogP contribution is -2.52. The molecule has 2 unspecified atom stereocenters. The summed E-state index contributed by atoms with van der Waals surface area (Å²) >= 11 is 0. The number of carboxylic acids is 1. The number of nitriles is 1. The first-order valence-corrected chi connectivity index (χ1v) is 7.50. The molecule has 1 saturated heterocycles. The molecule has 0 aromatic carbocycles. The van der Waals surface area contributed by atoms with Crippen LogP contribution in [0.5, 0.6) is 0 Å². The number of hydrogen-bond donors (Lipinski definition) is 1. The van der Waals surface area contributed by atoms with Gasteiger partial charge in [-0.2, -0.15) is 18.4 Å². The number of hydrogen-bond acceptors (Lipinski definition) is 5. The maximum absolute atomic E-state index is 12.5. The third kappa shape index (κ3) is 4.64. The Morgan fingerprint density at radius 2 is 2.10 bits per heavy atom. The van der Waals surface area contributed by atoms with Crippen LogP contribution in [0.1, 0.15) is 6.42 Å². The van der Waals surface area contributed by atoms with Gasteiger partial charge in [-0.25, -0.2) is 8.42 Å². The third-order valence-corrected chi connectivity index (χ3v) is 4.73. The maximum Gasteiger partial charge on any atom is 0.405 e. The standard InChI is InChI=1S/C10H13F3N2O4S/c11-10(12,13)7(4-14)5-15-1-2-20(18,19)6-8(15)3-9(16)17/h7-8H,1-3,5-6H2,(H,16,17). The summed E-state index contributed by atoms with van der Waals surface area (Å²) in [6, 6.07) is 0.0828. The Balaban J connectivity index is 2.86. The van der Waals surface area contributed by atoms with Crippen LogP contribution in [-0.2, 0) is 14.6 Å². The van der Waals surface area contributed by atoms with Gasteiger partial charge >= 0.3 is 12.1 Å². The number of alkyl halides is 3. The van der Waals surface area contributed by atoms with Crippen LogP contribution in [0.4, 0.5) is 13.2 Å². The molecule has 0 amide bonds. The van der Waals surface area contributed by atoms with Crippen molar-refractivity contribution in [3.8, 4) is 6.07 Å². The van der Waals surface area contributed by atoms with E-state index in [1.807, 2.05) is 0 Å². The van der Waals surface area contributed by atoms with Gasteiger partial charge < -0.3 is 5.11 Å². The molecule has 1 rings (SSSR count). The number of halogens is 3. The molecule has 0 saturated carbocycles. The molecule has 1 N–H and O–H groups in total. The molecule has 1 heterocycles. The van der Waals surface area contributed by atoms with Crippen molar-refractivity contribution in [1.82, 2.24) is 4.90 Å². The molecule has 10 heteroatoms. The van der Waals surface area contributed by atoms with Crippen molar-refractivity contribution in [2.75, 3.05) is 24.6 Å². The maximum atomic E-state index is 12.5. The summed E-state index contributed by atoms with van der Waals surface area (Å²) in [5, 5.41) is 17.2. The van der Waals surface area contributed by atoms with Crippen LogP contribution in [0.2, 0.25) is 0 Å². The zero-order valence-corrected chi connectivity index (χ0v) is 11.1. The Kier molecular flexibility index (Phi) is 4.99. The van der Waals surface area contributed by atoms with Crippen LogP contribution in [0.25, 0.3) is 0 Å². The highest BCUT2D eigenvalue weighted by Gasteiger charge is 2.43. The van der Waals surface area contributed by atoms with Crippen LogP contribution >= 0.6 is 0 Å². The Morgan fingerprint density at radius 1 is 1.50 bits per heavy atom. The van der Waals surface area contributed by atoms with E-state index in [1.54, 1.807) is 0 Å². The van der Waals surface area contributed by atoms with E-state index in [0.29, 0.717) is 0 Å². The molecule has 0 aromatic heterocycles. The molecule has 20 heavy (non-hydrogen) atoms. The molecule has 1 aliphatic heterocycles. The number of nitrogens with zero attached hydrogens (tertiary/aromatic N) is 2. The molecule has 114 valence electrons. The molecule has 0 radical (unpaired) electrons. The predicted octanol–water partition coefficient (Wildman–Crippen LogP) is 0.262. The fraction of sp³-hybridized carbons (Fsp3) is 0.800. The van der Waals surface area contributed by atoms with Gasteiger partial charge in [0.25, 0.3) is 0 Å². The van der Waals surface area contributed by atoms with E-state index in [9.17, 15) is 26.4 Å². The van der Waals surface area contributed by atoms with Gasteiger partial charge in [0, 0.05) is 19.1 Å².